The van der Waals surface area contributed by atoms with Gasteiger partial charge in [-0.25, -0.2) is 0 Å². The van der Waals surface area contributed by atoms with Gasteiger partial charge in [-0.2, -0.15) is 11.3 Å². The summed E-state index contributed by atoms with van der Waals surface area (Å²) in [6.45, 7) is 4.32. The Kier molecular flexibility index (Phi) is 3.79. The molecule has 0 aliphatic rings. The first kappa shape index (κ1) is 11.8. The lowest BCUT2D eigenvalue weighted by atomic mass is 10.1. The van der Waals surface area contributed by atoms with Gasteiger partial charge >= 0.3 is 0 Å². The standard InChI is InChI=1S/C13H17NS2/c1-9-7-13(16-10(9)2)12(14)4-3-11-5-6-15-8-11/h5-8,12H,3-4,14H2,1-2H3. The molecular weight excluding hydrogens is 234 g/mol. The van der Waals surface area contributed by atoms with Gasteiger partial charge in [-0.15, -0.1) is 11.3 Å². The molecule has 1 unspecified atom stereocenters. The third-order valence-electron chi connectivity index (χ3n) is 2.87. The Morgan fingerprint density at radius 2 is 2.19 bits per heavy atom. The average Bonchev–Trinajstić information content (AvgIpc) is 2.86. The minimum absolute atomic E-state index is 0.192. The zero-order chi connectivity index (χ0) is 11.5. The first-order chi connectivity index (χ1) is 7.66. The van der Waals surface area contributed by atoms with Crippen LogP contribution < -0.4 is 5.73 Å². The molecule has 1 atom stereocenters. The summed E-state index contributed by atoms with van der Waals surface area (Å²) in [5.41, 5.74) is 8.98. The molecule has 0 bridgehead atoms. The van der Waals surface area contributed by atoms with E-state index >= 15 is 0 Å². The minimum atomic E-state index is 0.192. The fraction of sp³-hybridized carbons (Fsp3) is 0.385. The Hall–Kier alpha value is -0.640. The van der Waals surface area contributed by atoms with Gasteiger partial charge < -0.3 is 5.73 Å². The topological polar surface area (TPSA) is 26.0 Å². The van der Waals surface area contributed by atoms with E-state index in [1.807, 2.05) is 11.3 Å². The van der Waals surface area contributed by atoms with Gasteiger partial charge in [0.15, 0.2) is 0 Å². The number of nitrogens with two attached hydrogens (primary N) is 1. The molecule has 2 aromatic rings. The van der Waals surface area contributed by atoms with Crippen LogP contribution in [0.4, 0.5) is 0 Å². The van der Waals surface area contributed by atoms with Crippen LogP contribution in [0.1, 0.15) is 33.3 Å². The van der Waals surface area contributed by atoms with Gasteiger partial charge in [0, 0.05) is 15.8 Å². The number of thiophene rings is 2. The van der Waals surface area contributed by atoms with Gasteiger partial charge in [-0.3, -0.25) is 0 Å². The number of hydrogen-bond donors (Lipinski definition) is 1. The summed E-state index contributed by atoms with van der Waals surface area (Å²) >= 11 is 3.59. The van der Waals surface area contributed by atoms with E-state index in [4.69, 9.17) is 5.73 Å². The van der Waals surface area contributed by atoms with E-state index in [0.717, 1.165) is 12.8 Å². The Balaban J connectivity index is 1.95. The molecule has 0 radical (unpaired) electrons. The second kappa shape index (κ2) is 5.13. The molecule has 1 nitrogen and oxygen atoms in total. The Morgan fingerprint density at radius 3 is 2.75 bits per heavy atom. The maximum absolute atomic E-state index is 6.21. The van der Waals surface area contributed by atoms with Gasteiger partial charge in [0.25, 0.3) is 0 Å². The molecule has 2 aromatic heterocycles. The van der Waals surface area contributed by atoms with Gasteiger partial charge in [0.1, 0.15) is 0 Å². The Labute approximate surface area is 105 Å². The van der Waals surface area contributed by atoms with Crippen LogP contribution in [-0.2, 0) is 6.42 Å². The molecule has 0 fully saturated rings. The van der Waals surface area contributed by atoms with Crippen LogP contribution >= 0.6 is 22.7 Å². The van der Waals surface area contributed by atoms with Gasteiger partial charge in [0.05, 0.1) is 0 Å². The summed E-state index contributed by atoms with van der Waals surface area (Å²) in [5.74, 6) is 0. The second-order valence-corrected chi connectivity index (χ2v) is 6.23. The average molecular weight is 251 g/mol. The molecule has 16 heavy (non-hydrogen) atoms. The predicted octanol–water partition coefficient (Wildman–Crippen LogP) is 4.06. The lowest BCUT2D eigenvalue weighted by molar-refractivity contribution is 0.663. The maximum atomic E-state index is 6.21. The zero-order valence-corrected chi connectivity index (χ0v) is 11.3. The van der Waals surface area contributed by atoms with Crippen molar-refractivity contribution < 1.29 is 0 Å². The van der Waals surface area contributed by atoms with Crippen LogP contribution in [0.15, 0.2) is 22.9 Å². The van der Waals surface area contributed by atoms with Crippen LogP contribution in [0.5, 0.6) is 0 Å². The molecule has 0 amide bonds. The summed E-state index contributed by atoms with van der Waals surface area (Å²) < 4.78 is 0. The number of rotatable bonds is 4. The van der Waals surface area contributed by atoms with Crippen LogP contribution in [0, 0.1) is 13.8 Å². The van der Waals surface area contributed by atoms with Crippen LogP contribution in [0.3, 0.4) is 0 Å². The van der Waals surface area contributed by atoms with Gasteiger partial charge in [0.2, 0.25) is 0 Å². The summed E-state index contributed by atoms with van der Waals surface area (Å²) in [6.07, 6.45) is 2.12. The highest BCUT2D eigenvalue weighted by molar-refractivity contribution is 7.12. The maximum Gasteiger partial charge on any atom is 0.0393 e. The normalized spacial score (nSPS) is 12.9. The fourth-order valence-electron chi connectivity index (χ4n) is 1.68. The minimum Gasteiger partial charge on any atom is -0.323 e. The van der Waals surface area contributed by atoms with E-state index < -0.39 is 0 Å². The van der Waals surface area contributed by atoms with Crippen molar-refractivity contribution in [3.05, 3.63) is 43.8 Å². The lowest BCUT2D eigenvalue weighted by Gasteiger charge is -2.08. The largest absolute Gasteiger partial charge is 0.323 e. The molecule has 0 saturated heterocycles. The van der Waals surface area contributed by atoms with E-state index in [1.54, 1.807) is 11.3 Å². The van der Waals surface area contributed by atoms with Crippen molar-refractivity contribution in [1.82, 2.24) is 0 Å². The first-order valence-corrected chi connectivity index (χ1v) is 7.26. The van der Waals surface area contributed by atoms with Gasteiger partial charge in [-0.1, -0.05) is 0 Å². The predicted molar refractivity (Wildman–Crippen MR) is 73.4 cm³/mol. The molecule has 3 heteroatoms. The van der Waals surface area contributed by atoms with Crippen molar-refractivity contribution in [2.24, 2.45) is 5.73 Å². The van der Waals surface area contributed by atoms with E-state index in [9.17, 15) is 0 Å². The fourth-order valence-corrected chi connectivity index (χ4v) is 3.47. The van der Waals surface area contributed by atoms with Crippen molar-refractivity contribution in [1.29, 1.82) is 0 Å². The second-order valence-electron chi connectivity index (χ2n) is 4.16. The third-order valence-corrected chi connectivity index (χ3v) is 4.89. The van der Waals surface area contributed by atoms with Crippen LogP contribution in [0.2, 0.25) is 0 Å². The third kappa shape index (κ3) is 2.73. The number of aryl methyl sites for hydroxylation is 3. The van der Waals surface area contributed by atoms with Crippen molar-refractivity contribution in [2.75, 3.05) is 0 Å². The molecule has 0 spiro atoms. The molecule has 0 saturated carbocycles. The SMILES string of the molecule is Cc1cc(C(N)CCc2ccsc2)sc1C. The summed E-state index contributed by atoms with van der Waals surface area (Å²) in [7, 11) is 0. The molecule has 2 heterocycles. The van der Waals surface area contributed by atoms with Crippen LogP contribution in [0.25, 0.3) is 0 Å². The van der Waals surface area contributed by atoms with E-state index in [2.05, 4.69) is 36.7 Å². The van der Waals surface area contributed by atoms with Crippen molar-refractivity contribution in [3.8, 4) is 0 Å². The van der Waals surface area contributed by atoms with E-state index in [1.165, 1.54) is 20.9 Å². The smallest absolute Gasteiger partial charge is 0.0393 e. The summed E-state index contributed by atoms with van der Waals surface area (Å²) in [5, 5.41) is 4.33. The molecule has 2 rings (SSSR count). The van der Waals surface area contributed by atoms with Crippen molar-refractivity contribution >= 4 is 22.7 Å². The zero-order valence-electron chi connectivity index (χ0n) is 9.69. The van der Waals surface area contributed by atoms with E-state index in [0.29, 0.717) is 0 Å². The molecule has 2 N–H and O–H groups in total. The lowest BCUT2D eigenvalue weighted by Crippen LogP contribution is -2.09. The van der Waals surface area contributed by atoms with Gasteiger partial charge in [-0.05, 0) is 60.7 Å². The summed E-state index contributed by atoms with van der Waals surface area (Å²) in [6, 6.07) is 4.61. The quantitative estimate of drug-likeness (QED) is 0.871. The molecule has 0 aliphatic heterocycles. The molecule has 0 aliphatic carbocycles. The highest BCUT2D eigenvalue weighted by atomic mass is 32.1. The molecule has 86 valence electrons. The highest BCUT2D eigenvalue weighted by Crippen LogP contribution is 2.27. The Morgan fingerprint density at radius 1 is 1.38 bits per heavy atom. The van der Waals surface area contributed by atoms with Crippen molar-refractivity contribution in [2.45, 2.75) is 32.7 Å². The molecule has 0 aromatic carbocycles. The number of hydrogen-bond acceptors (Lipinski definition) is 3. The first-order valence-electron chi connectivity index (χ1n) is 5.50. The summed E-state index contributed by atoms with van der Waals surface area (Å²) in [4.78, 5) is 2.71. The van der Waals surface area contributed by atoms with Crippen LogP contribution in [-0.4, -0.2) is 0 Å². The Bertz CT molecular complexity index is 423. The monoisotopic (exact) mass is 251 g/mol. The highest BCUT2D eigenvalue weighted by Gasteiger charge is 2.10. The van der Waals surface area contributed by atoms with Crippen molar-refractivity contribution in [3.63, 3.8) is 0 Å². The van der Waals surface area contributed by atoms with E-state index in [-0.39, 0.29) is 6.04 Å². The molecular formula is C13H17NS2.